The molecule has 0 aliphatic rings. The van der Waals surface area contributed by atoms with E-state index in [9.17, 15) is 13.2 Å². The second-order valence-corrected chi connectivity index (χ2v) is 4.30. The van der Waals surface area contributed by atoms with Gasteiger partial charge >= 0.3 is 6.18 Å². The third kappa shape index (κ3) is 3.10. The highest BCUT2D eigenvalue weighted by Crippen LogP contribution is 2.34. The third-order valence-electron chi connectivity index (χ3n) is 1.69. The predicted molar refractivity (Wildman–Crippen MR) is 54.8 cm³/mol. The smallest absolute Gasteiger partial charge is 0.254 e. The second-order valence-electron chi connectivity index (χ2n) is 2.91. The fourth-order valence-electron chi connectivity index (χ4n) is 1.03. The molecule has 1 N–H and O–H groups in total. The zero-order chi connectivity index (χ0) is 12.5. The fourth-order valence-corrected chi connectivity index (χ4v) is 2.02. The van der Waals surface area contributed by atoms with Crippen molar-refractivity contribution in [3.63, 3.8) is 0 Å². The normalized spacial score (nSPS) is 11.8. The molecule has 0 atom stereocenters. The summed E-state index contributed by atoms with van der Waals surface area (Å²) in [5.74, 6) is 0. The number of aromatic amines is 1. The first-order valence-corrected chi connectivity index (χ1v) is 5.42. The summed E-state index contributed by atoms with van der Waals surface area (Å²) < 4.78 is 37.5. The molecular weight excluding hydrogens is 277 g/mol. The van der Waals surface area contributed by atoms with Crippen LogP contribution in [0.4, 0.5) is 13.2 Å². The van der Waals surface area contributed by atoms with Crippen LogP contribution in [0.2, 0.25) is 5.15 Å². The maximum atomic E-state index is 12.5. The Morgan fingerprint density at radius 3 is 2.65 bits per heavy atom. The number of rotatable bonds is 2. The molecule has 0 aromatic carbocycles. The number of nitrogens with zero attached hydrogens (tertiary/aromatic N) is 3. The van der Waals surface area contributed by atoms with Crippen molar-refractivity contribution in [1.29, 1.82) is 0 Å². The van der Waals surface area contributed by atoms with E-state index >= 15 is 0 Å². The van der Waals surface area contributed by atoms with Crippen LogP contribution >= 0.6 is 23.4 Å². The van der Waals surface area contributed by atoms with E-state index in [1.807, 2.05) is 0 Å². The predicted octanol–water partition coefficient (Wildman–Crippen LogP) is 3.02. The lowest BCUT2D eigenvalue weighted by Crippen LogP contribution is -2.05. The number of pyridine rings is 1. The van der Waals surface area contributed by atoms with Gasteiger partial charge in [0.25, 0.3) is 0 Å². The van der Waals surface area contributed by atoms with Crippen LogP contribution in [0.1, 0.15) is 5.56 Å². The monoisotopic (exact) mass is 280 g/mol. The quantitative estimate of drug-likeness (QED) is 0.859. The molecule has 0 saturated carbocycles. The molecule has 0 amide bonds. The van der Waals surface area contributed by atoms with Gasteiger partial charge in [-0.3, -0.25) is 5.10 Å². The third-order valence-corrected chi connectivity index (χ3v) is 2.69. The fraction of sp³-hybridized carbons (Fsp3) is 0.125. The highest BCUT2D eigenvalue weighted by molar-refractivity contribution is 7.99. The summed E-state index contributed by atoms with van der Waals surface area (Å²) in [6.07, 6.45) is -3.21. The molecular formula is C8H4ClF3N4S. The molecule has 4 nitrogen and oxygen atoms in total. The summed E-state index contributed by atoms with van der Waals surface area (Å²) in [6, 6.07) is 1.67. The Hall–Kier alpha value is -1.28. The standard InChI is InChI=1S/C8H4ClF3N4S/c9-5-1-4(8(10,11)12)2-6(15-5)17-7-13-3-14-16-7/h1-3H,(H,13,14,16). The number of alkyl halides is 3. The molecule has 0 bridgehead atoms. The highest BCUT2D eigenvalue weighted by Gasteiger charge is 2.31. The van der Waals surface area contributed by atoms with Gasteiger partial charge in [-0.2, -0.15) is 18.3 Å². The molecule has 9 heteroatoms. The molecule has 0 fully saturated rings. The minimum Gasteiger partial charge on any atom is -0.254 e. The van der Waals surface area contributed by atoms with Gasteiger partial charge in [-0.15, -0.1) is 0 Å². The molecule has 90 valence electrons. The Labute approximate surface area is 103 Å². The van der Waals surface area contributed by atoms with E-state index in [1.165, 1.54) is 6.33 Å². The van der Waals surface area contributed by atoms with Crippen LogP contribution in [-0.4, -0.2) is 20.2 Å². The van der Waals surface area contributed by atoms with Crippen LogP contribution in [0.5, 0.6) is 0 Å². The van der Waals surface area contributed by atoms with E-state index in [0.29, 0.717) is 5.16 Å². The number of nitrogens with one attached hydrogen (secondary N) is 1. The number of hydrogen-bond acceptors (Lipinski definition) is 4. The zero-order valence-electron chi connectivity index (χ0n) is 7.99. The largest absolute Gasteiger partial charge is 0.416 e. The summed E-state index contributed by atoms with van der Waals surface area (Å²) in [5, 5.41) is 6.29. The van der Waals surface area contributed by atoms with Crippen molar-refractivity contribution in [3.8, 4) is 0 Å². The van der Waals surface area contributed by atoms with Gasteiger partial charge in [-0.05, 0) is 23.9 Å². The summed E-state index contributed by atoms with van der Waals surface area (Å²) in [4.78, 5) is 7.53. The molecule has 2 aromatic heterocycles. The first kappa shape index (κ1) is 12.2. The molecule has 2 rings (SSSR count). The van der Waals surface area contributed by atoms with E-state index < -0.39 is 11.7 Å². The van der Waals surface area contributed by atoms with Crippen molar-refractivity contribution in [2.45, 2.75) is 16.4 Å². The molecule has 2 heterocycles. The molecule has 2 aromatic rings. The lowest BCUT2D eigenvalue weighted by atomic mass is 10.3. The lowest BCUT2D eigenvalue weighted by Gasteiger charge is -2.07. The lowest BCUT2D eigenvalue weighted by molar-refractivity contribution is -0.137. The van der Waals surface area contributed by atoms with Crippen LogP contribution in [0, 0.1) is 0 Å². The minimum atomic E-state index is -4.46. The SMILES string of the molecule is FC(F)(F)c1cc(Cl)nc(Sc2ncn[nH]2)c1. The van der Waals surface area contributed by atoms with Crippen molar-refractivity contribution in [3.05, 3.63) is 29.2 Å². The topological polar surface area (TPSA) is 54.5 Å². The summed E-state index contributed by atoms with van der Waals surface area (Å²) in [7, 11) is 0. The Bertz CT molecular complexity index is 514. The van der Waals surface area contributed by atoms with E-state index in [1.54, 1.807) is 0 Å². The molecule has 0 aliphatic heterocycles. The molecule has 0 spiro atoms. The van der Waals surface area contributed by atoms with Crippen molar-refractivity contribution < 1.29 is 13.2 Å². The average molecular weight is 281 g/mol. The van der Waals surface area contributed by atoms with Gasteiger partial charge < -0.3 is 0 Å². The Morgan fingerprint density at radius 1 is 1.29 bits per heavy atom. The van der Waals surface area contributed by atoms with E-state index in [2.05, 4.69) is 20.2 Å². The maximum Gasteiger partial charge on any atom is 0.416 e. The van der Waals surface area contributed by atoms with E-state index in [0.717, 1.165) is 23.9 Å². The van der Waals surface area contributed by atoms with Gasteiger partial charge in [0.15, 0.2) is 5.16 Å². The number of H-pyrrole nitrogens is 1. The Balaban J connectivity index is 2.32. The van der Waals surface area contributed by atoms with Gasteiger partial charge in [-0.1, -0.05) is 11.6 Å². The molecule has 0 radical (unpaired) electrons. The maximum absolute atomic E-state index is 12.5. The zero-order valence-corrected chi connectivity index (χ0v) is 9.57. The van der Waals surface area contributed by atoms with Crippen molar-refractivity contribution in [2.24, 2.45) is 0 Å². The summed E-state index contributed by atoms with van der Waals surface area (Å²) >= 11 is 6.44. The molecule has 17 heavy (non-hydrogen) atoms. The minimum absolute atomic E-state index is 0.0987. The Kier molecular flexibility index (Phi) is 3.25. The molecule has 0 aliphatic carbocycles. The van der Waals surface area contributed by atoms with Gasteiger partial charge in [0.2, 0.25) is 0 Å². The number of hydrogen-bond donors (Lipinski definition) is 1. The van der Waals surface area contributed by atoms with Gasteiger partial charge in [0, 0.05) is 0 Å². The number of halogens is 4. The van der Waals surface area contributed by atoms with Crippen LogP contribution in [0.25, 0.3) is 0 Å². The molecule has 0 saturated heterocycles. The van der Waals surface area contributed by atoms with Crippen LogP contribution in [-0.2, 0) is 6.18 Å². The highest BCUT2D eigenvalue weighted by atomic mass is 35.5. The van der Waals surface area contributed by atoms with Crippen LogP contribution in [0.3, 0.4) is 0 Å². The van der Waals surface area contributed by atoms with Gasteiger partial charge in [0.1, 0.15) is 16.5 Å². The molecule has 0 unspecified atom stereocenters. The van der Waals surface area contributed by atoms with Gasteiger partial charge in [-0.25, -0.2) is 9.97 Å². The summed E-state index contributed by atoms with van der Waals surface area (Å²) in [5.41, 5.74) is -0.848. The van der Waals surface area contributed by atoms with Crippen LogP contribution in [0.15, 0.2) is 28.6 Å². The number of aromatic nitrogens is 4. The van der Waals surface area contributed by atoms with Crippen molar-refractivity contribution in [2.75, 3.05) is 0 Å². The Morgan fingerprint density at radius 2 is 2.06 bits per heavy atom. The average Bonchev–Trinajstić information content (AvgIpc) is 2.68. The second kappa shape index (κ2) is 4.53. The first-order valence-electron chi connectivity index (χ1n) is 4.23. The van der Waals surface area contributed by atoms with E-state index in [4.69, 9.17) is 11.6 Å². The van der Waals surface area contributed by atoms with Gasteiger partial charge in [0.05, 0.1) is 5.56 Å². The van der Waals surface area contributed by atoms with E-state index in [-0.39, 0.29) is 10.2 Å². The van der Waals surface area contributed by atoms with Crippen molar-refractivity contribution >= 4 is 23.4 Å². The summed E-state index contributed by atoms with van der Waals surface area (Å²) in [6.45, 7) is 0. The van der Waals surface area contributed by atoms with Crippen molar-refractivity contribution in [1.82, 2.24) is 20.2 Å². The van der Waals surface area contributed by atoms with Crippen LogP contribution < -0.4 is 0 Å². The first-order chi connectivity index (χ1) is 7.95.